The first kappa shape index (κ1) is 11.3. The van der Waals surface area contributed by atoms with Gasteiger partial charge in [0, 0.05) is 13.1 Å². The maximum atomic E-state index is 13.0. The van der Waals surface area contributed by atoms with Crippen molar-refractivity contribution in [2.24, 2.45) is 0 Å². The summed E-state index contributed by atoms with van der Waals surface area (Å²) < 4.78 is 30.2. The molecule has 82 valence electrons. The molecule has 0 bridgehead atoms. The van der Waals surface area contributed by atoms with E-state index >= 15 is 0 Å². The Labute approximate surface area is 81.2 Å². The fourth-order valence-corrected chi connectivity index (χ4v) is 0.994. The third-order valence-electron chi connectivity index (χ3n) is 1.95. The van der Waals surface area contributed by atoms with Gasteiger partial charge in [0.25, 0.3) is 0 Å². The number of halogens is 2. The fourth-order valence-electron chi connectivity index (χ4n) is 0.994. The van der Waals surface area contributed by atoms with E-state index in [4.69, 9.17) is 0 Å². The first-order valence-corrected chi connectivity index (χ1v) is 4.60. The number of nitrogens with one attached hydrogen (secondary N) is 1. The second-order valence-corrected chi connectivity index (χ2v) is 3.10. The number of hydrogen-bond acceptors (Lipinski definition) is 4. The van der Waals surface area contributed by atoms with Gasteiger partial charge in [-0.25, -0.2) is 15.2 Å². The average molecular weight is 208 g/mol. The van der Waals surface area contributed by atoms with Crippen molar-refractivity contribution in [2.45, 2.75) is 19.3 Å². The molecule has 0 amide bonds. The van der Waals surface area contributed by atoms with Crippen LogP contribution in [0.2, 0.25) is 0 Å². The van der Waals surface area contributed by atoms with Gasteiger partial charge in [-0.3, -0.25) is 0 Å². The maximum absolute atomic E-state index is 13.0. The fraction of sp³-hybridized carbons (Fsp3) is 0.875. The average Bonchev–Trinajstić information content (AvgIpc) is 2.01. The van der Waals surface area contributed by atoms with Crippen LogP contribution in [0.3, 0.4) is 0 Å². The van der Waals surface area contributed by atoms with Gasteiger partial charge in [-0.15, -0.1) is 0 Å². The first-order chi connectivity index (χ1) is 6.56. The number of ether oxygens (including phenoxy) is 1. The lowest BCUT2D eigenvalue weighted by molar-refractivity contribution is -0.172. The predicted molar refractivity (Wildman–Crippen MR) is 45.8 cm³/mol. The highest BCUT2D eigenvalue weighted by Gasteiger charge is 2.40. The van der Waals surface area contributed by atoms with Crippen LogP contribution in [-0.2, 0) is 9.53 Å². The van der Waals surface area contributed by atoms with Crippen LogP contribution >= 0.6 is 0 Å². The summed E-state index contributed by atoms with van der Waals surface area (Å²) in [5.74, 6) is -4.90. The number of rotatable bonds is 5. The van der Waals surface area contributed by atoms with Crippen molar-refractivity contribution in [3.8, 4) is 0 Å². The lowest BCUT2D eigenvalue weighted by atomic mass is 10.3. The van der Waals surface area contributed by atoms with Gasteiger partial charge < -0.3 is 4.74 Å². The second kappa shape index (κ2) is 4.65. The van der Waals surface area contributed by atoms with E-state index < -0.39 is 18.4 Å². The number of carbonyl (C=O) groups excluding carboxylic acids is 1. The molecule has 0 unspecified atom stereocenters. The normalized spacial score (nSPS) is 17.6. The minimum atomic E-state index is -3.44. The maximum Gasteiger partial charge on any atom is 0.378 e. The van der Waals surface area contributed by atoms with Crippen molar-refractivity contribution in [3.05, 3.63) is 0 Å². The lowest BCUT2D eigenvalue weighted by Crippen LogP contribution is -2.53. The quantitative estimate of drug-likeness (QED) is 0.664. The minimum Gasteiger partial charge on any atom is -0.462 e. The number of carbonyl (C=O) groups is 1. The third kappa shape index (κ3) is 2.88. The molecule has 1 N–H and O–H groups in total. The molecule has 1 aliphatic heterocycles. The molecule has 0 atom stereocenters. The Morgan fingerprint density at radius 2 is 2.21 bits per heavy atom. The SMILES string of the molecule is CCOC(=O)C(F)(F)CNN1CCC1. The van der Waals surface area contributed by atoms with Crippen molar-refractivity contribution in [1.29, 1.82) is 0 Å². The Hall–Kier alpha value is -0.750. The summed E-state index contributed by atoms with van der Waals surface area (Å²) in [6, 6.07) is 0. The van der Waals surface area contributed by atoms with Gasteiger partial charge in [0.05, 0.1) is 13.2 Å². The molecule has 1 saturated heterocycles. The topological polar surface area (TPSA) is 41.6 Å². The van der Waals surface area contributed by atoms with E-state index in [2.05, 4.69) is 10.2 Å². The van der Waals surface area contributed by atoms with E-state index in [1.165, 1.54) is 6.92 Å². The largest absolute Gasteiger partial charge is 0.462 e. The van der Waals surface area contributed by atoms with Crippen molar-refractivity contribution in [1.82, 2.24) is 10.4 Å². The number of esters is 1. The van der Waals surface area contributed by atoms with Crippen molar-refractivity contribution >= 4 is 5.97 Å². The van der Waals surface area contributed by atoms with Gasteiger partial charge in [-0.2, -0.15) is 8.78 Å². The summed E-state index contributed by atoms with van der Waals surface area (Å²) in [5, 5.41) is 1.65. The summed E-state index contributed by atoms with van der Waals surface area (Å²) in [5.41, 5.74) is 2.48. The van der Waals surface area contributed by atoms with E-state index in [-0.39, 0.29) is 6.61 Å². The lowest BCUT2D eigenvalue weighted by Gasteiger charge is -2.32. The van der Waals surface area contributed by atoms with Gasteiger partial charge in [0.15, 0.2) is 0 Å². The number of nitrogens with zero attached hydrogens (tertiary/aromatic N) is 1. The molecule has 0 saturated carbocycles. The van der Waals surface area contributed by atoms with Gasteiger partial charge in [0.1, 0.15) is 0 Å². The molecule has 14 heavy (non-hydrogen) atoms. The minimum absolute atomic E-state index is 0.0296. The van der Waals surface area contributed by atoms with Crippen LogP contribution in [0.5, 0.6) is 0 Å². The molecule has 1 aliphatic rings. The Kier molecular flexibility index (Phi) is 3.77. The van der Waals surface area contributed by atoms with Crippen LogP contribution in [-0.4, -0.2) is 43.1 Å². The Bertz CT molecular complexity index is 208. The van der Waals surface area contributed by atoms with Crippen LogP contribution in [0.15, 0.2) is 0 Å². The molecule has 0 aromatic carbocycles. The second-order valence-electron chi connectivity index (χ2n) is 3.10. The van der Waals surface area contributed by atoms with Crippen LogP contribution in [0, 0.1) is 0 Å². The van der Waals surface area contributed by atoms with Crippen LogP contribution in [0.4, 0.5) is 8.78 Å². The summed E-state index contributed by atoms with van der Waals surface area (Å²) in [7, 11) is 0. The van der Waals surface area contributed by atoms with Gasteiger partial charge in [0.2, 0.25) is 0 Å². The smallest absolute Gasteiger partial charge is 0.378 e. The zero-order chi connectivity index (χ0) is 10.6. The van der Waals surface area contributed by atoms with E-state index in [0.717, 1.165) is 19.5 Å². The van der Waals surface area contributed by atoms with E-state index in [0.29, 0.717) is 0 Å². The molecule has 0 radical (unpaired) electrons. The van der Waals surface area contributed by atoms with Crippen LogP contribution in [0.25, 0.3) is 0 Å². The highest BCUT2D eigenvalue weighted by atomic mass is 19.3. The molecule has 1 rings (SSSR count). The van der Waals surface area contributed by atoms with Crippen molar-refractivity contribution < 1.29 is 18.3 Å². The summed E-state index contributed by atoms with van der Waals surface area (Å²) >= 11 is 0. The molecular weight excluding hydrogens is 194 g/mol. The van der Waals surface area contributed by atoms with Gasteiger partial charge in [-0.05, 0) is 13.3 Å². The number of alkyl halides is 2. The monoisotopic (exact) mass is 208 g/mol. The molecule has 4 nitrogen and oxygen atoms in total. The zero-order valence-electron chi connectivity index (χ0n) is 8.06. The Morgan fingerprint density at radius 3 is 2.64 bits per heavy atom. The Balaban J connectivity index is 2.27. The third-order valence-corrected chi connectivity index (χ3v) is 1.95. The molecule has 0 aromatic heterocycles. The number of hydrazine groups is 1. The van der Waals surface area contributed by atoms with Gasteiger partial charge in [-0.1, -0.05) is 0 Å². The number of hydrogen-bond donors (Lipinski definition) is 1. The van der Waals surface area contributed by atoms with E-state index in [1.54, 1.807) is 5.01 Å². The first-order valence-electron chi connectivity index (χ1n) is 4.60. The van der Waals surface area contributed by atoms with Crippen LogP contribution in [0.1, 0.15) is 13.3 Å². The van der Waals surface area contributed by atoms with Crippen molar-refractivity contribution in [3.63, 3.8) is 0 Å². The van der Waals surface area contributed by atoms with Crippen molar-refractivity contribution in [2.75, 3.05) is 26.2 Å². The molecular formula is C8H14F2N2O2. The summed E-state index contributed by atoms with van der Waals surface area (Å²) in [6.45, 7) is 2.28. The molecule has 0 aromatic rings. The molecule has 6 heteroatoms. The zero-order valence-corrected chi connectivity index (χ0v) is 8.06. The molecule has 0 aliphatic carbocycles. The summed E-state index contributed by atoms with van der Waals surface area (Å²) in [4.78, 5) is 10.8. The van der Waals surface area contributed by atoms with Gasteiger partial charge >= 0.3 is 11.9 Å². The summed E-state index contributed by atoms with van der Waals surface area (Å²) in [6.07, 6.45) is 0.998. The molecule has 1 fully saturated rings. The standard InChI is InChI=1S/C8H14F2N2O2/c1-2-14-7(13)8(9,10)6-11-12-4-3-5-12/h11H,2-6H2,1H3. The molecule has 1 heterocycles. The van der Waals surface area contributed by atoms with E-state index in [1.807, 2.05) is 0 Å². The predicted octanol–water partition coefficient (Wildman–Crippen LogP) is 0.395. The molecule has 0 spiro atoms. The highest BCUT2D eigenvalue weighted by Crippen LogP contribution is 2.15. The highest BCUT2D eigenvalue weighted by molar-refractivity contribution is 5.77. The Morgan fingerprint density at radius 1 is 1.57 bits per heavy atom. The van der Waals surface area contributed by atoms with E-state index in [9.17, 15) is 13.6 Å². The van der Waals surface area contributed by atoms with Crippen LogP contribution < -0.4 is 5.43 Å².